The second-order valence-corrected chi connectivity index (χ2v) is 4.49. The largest absolute Gasteiger partial charge is 0.381 e. The zero-order chi connectivity index (χ0) is 11.3. The molecule has 0 unspecified atom stereocenters. The van der Waals surface area contributed by atoms with Gasteiger partial charge in [0.25, 0.3) is 0 Å². The Bertz CT molecular complexity index is 360. The maximum absolute atomic E-state index is 9.31. The predicted octanol–water partition coefficient (Wildman–Crippen LogP) is 2.94. The normalized spacial score (nSPS) is 18.9. The zero-order valence-corrected chi connectivity index (χ0v) is 9.48. The van der Waals surface area contributed by atoms with Crippen molar-refractivity contribution in [3.8, 4) is 6.07 Å². The highest BCUT2D eigenvalue weighted by Gasteiger charge is 2.31. The van der Waals surface area contributed by atoms with Crippen LogP contribution in [0.25, 0.3) is 0 Å². The SMILES string of the molecule is N#CC1(CCc2ccccc2)CCOCC1. The minimum absolute atomic E-state index is 0.145. The van der Waals surface area contributed by atoms with Gasteiger partial charge in [0.2, 0.25) is 0 Å². The van der Waals surface area contributed by atoms with E-state index >= 15 is 0 Å². The predicted molar refractivity (Wildman–Crippen MR) is 62.9 cm³/mol. The Morgan fingerprint density at radius 3 is 2.50 bits per heavy atom. The van der Waals surface area contributed by atoms with Gasteiger partial charge in [0.15, 0.2) is 0 Å². The quantitative estimate of drug-likeness (QED) is 0.776. The number of hydrogen-bond acceptors (Lipinski definition) is 2. The van der Waals surface area contributed by atoms with Gasteiger partial charge in [-0.2, -0.15) is 5.26 Å². The molecule has 0 radical (unpaired) electrons. The van der Waals surface area contributed by atoms with E-state index in [2.05, 4.69) is 30.3 Å². The third kappa shape index (κ3) is 2.62. The lowest BCUT2D eigenvalue weighted by molar-refractivity contribution is 0.0371. The van der Waals surface area contributed by atoms with E-state index in [0.717, 1.165) is 38.9 Å². The molecule has 0 spiro atoms. The highest BCUT2D eigenvalue weighted by atomic mass is 16.5. The molecule has 0 aliphatic carbocycles. The summed E-state index contributed by atoms with van der Waals surface area (Å²) in [5.41, 5.74) is 1.18. The molecule has 0 bridgehead atoms. The first-order valence-electron chi connectivity index (χ1n) is 5.88. The number of ether oxygens (including phenoxy) is 1. The fraction of sp³-hybridized carbons (Fsp3) is 0.500. The lowest BCUT2D eigenvalue weighted by atomic mass is 9.77. The smallest absolute Gasteiger partial charge is 0.0691 e. The molecule has 1 aliphatic heterocycles. The van der Waals surface area contributed by atoms with Gasteiger partial charge in [-0.25, -0.2) is 0 Å². The molecule has 0 N–H and O–H groups in total. The van der Waals surface area contributed by atoms with Crippen LogP contribution in [-0.2, 0) is 11.2 Å². The van der Waals surface area contributed by atoms with Gasteiger partial charge in [-0.15, -0.1) is 0 Å². The lowest BCUT2D eigenvalue weighted by Crippen LogP contribution is -2.28. The van der Waals surface area contributed by atoms with Gasteiger partial charge >= 0.3 is 0 Å². The second-order valence-electron chi connectivity index (χ2n) is 4.49. The van der Waals surface area contributed by atoms with E-state index < -0.39 is 0 Å². The molecule has 2 rings (SSSR count). The van der Waals surface area contributed by atoms with E-state index in [9.17, 15) is 5.26 Å². The van der Waals surface area contributed by atoms with Crippen LogP contribution in [-0.4, -0.2) is 13.2 Å². The third-order valence-corrected chi connectivity index (χ3v) is 3.42. The number of benzene rings is 1. The maximum atomic E-state index is 9.31. The molecule has 1 saturated heterocycles. The summed E-state index contributed by atoms with van der Waals surface area (Å²) in [7, 11) is 0. The standard InChI is InChI=1S/C14H17NO/c15-12-14(8-10-16-11-9-14)7-6-13-4-2-1-3-5-13/h1-5H,6-11H2. The molecule has 1 aromatic rings. The Morgan fingerprint density at radius 2 is 1.88 bits per heavy atom. The van der Waals surface area contributed by atoms with Crippen molar-refractivity contribution >= 4 is 0 Å². The molecule has 0 aromatic heterocycles. The second kappa shape index (κ2) is 5.14. The molecular weight excluding hydrogens is 198 g/mol. The van der Waals surface area contributed by atoms with Gasteiger partial charge < -0.3 is 4.74 Å². The highest BCUT2D eigenvalue weighted by Crippen LogP contribution is 2.34. The number of nitrogens with zero attached hydrogens (tertiary/aromatic N) is 1. The molecule has 1 aliphatic rings. The molecule has 1 heterocycles. The average molecular weight is 215 g/mol. The van der Waals surface area contributed by atoms with E-state index in [0.29, 0.717) is 0 Å². The summed E-state index contributed by atoms with van der Waals surface area (Å²) < 4.78 is 5.33. The fourth-order valence-electron chi connectivity index (χ4n) is 2.21. The zero-order valence-electron chi connectivity index (χ0n) is 9.48. The van der Waals surface area contributed by atoms with Crippen LogP contribution in [0.3, 0.4) is 0 Å². The van der Waals surface area contributed by atoms with Gasteiger partial charge in [0.05, 0.1) is 11.5 Å². The van der Waals surface area contributed by atoms with Gasteiger partial charge in [-0.1, -0.05) is 30.3 Å². The van der Waals surface area contributed by atoms with Crippen molar-refractivity contribution in [1.82, 2.24) is 0 Å². The number of nitriles is 1. The molecule has 0 saturated carbocycles. The van der Waals surface area contributed by atoms with Crippen molar-refractivity contribution in [2.75, 3.05) is 13.2 Å². The molecule has 16 heavy (non-hydrogen) atoms. The topological polar surface area (TPSA) is 33.0 Å². The summed E-state index contributed by atoms with van der Waals surface area (Å²) in [5, 5.41) is 9.31. The minimum Gasteiger partial charge on any atom is -0.381 e. The van der Waals surface area contributed by atoms with Crippen molar-refractivity contribution in [2.45, 2.75) is 25.7 Å². The van der Waals surface area contributed by atoms with Gasteiger partial charge in [0, 0.05) is 13.2 Å². The molecule has 0 amide bonds. The van der Waals surface area contributed by atoms with Crippen LogP contribution >= 0.6 is 0 Å². The fourth-order valence-corrected chi connectivity index (χ4v) is 2.21. The van der Waals surface area contributed by atoms with Gasteiger partial charge in [-0.05, 0) is 31.2 Å². The Balaban J connectivity index is 1.95. The van der Waals surface area contributed by atoms with E-state index in [-0.39, 0.29) is 5.41 Å². The maximum Gasteiger partial charge on any atom is 0.0691 e. The Labute approximate surface area is 96.9 Å². The number of aryl methyl sites for hydroxylation is 1. The molecule has 2 heteroatoms. The van der Waals surface area contributed by atoms with Crippen molar-refractivity contribution in [3.63, 3.8) is 0 Å². The Hall–Kier alpha value is -1.33. The highest BCUT2D eigenvalue weighted by molar-refractivity contribution is 5.16. The van der Waals surface area contributed by atoms with Crippen LogP contribution in [0.1, 0.15) is 24.8 Å². The first-order valence-corrected chi connectivity index (χ1v) is 5.88. The van der Waals surface area contributed by atoms with Crippen LogP contribution in [0.4, 0.5) is 0 Å². The van der Waals surface area contributed by atoms with Crippen molar-refractivity contribution < 1.29 is 4.74 Å². The Morgan fingerprint density at radius 1 is 1.19 bits per heavy atom. The summed E-state index contributed by atoms with van der Waals surface area (Å²) in [4.78, 5) is 0. The van der Waals surface area contributed by atoms with Crippen molar-refractivity contribution in [1.29, 1.82) is 5.26 Å². The van der Waals surface area contributed by atoms with Crippen LogP contribution in [0.15, 0.2) is 30.3 Å². The van der Waals surface area contributed by atoms with Crippen LogP contribution in [0, 0.1) is 16.7 Å². The molecule has 84 valence electrons. The summed E-state index contributed by atoms with van der Waals surface area (Å²) >= 11 is 0. The third-order valence-electron chi connectivity index (χ3n) is 3.42. The lowest BCUT2D eigenvalue weighted by Gasteiger charge is -2.30. The Kier molecular flexibility index (Phi) is 3.58. The minimum atomic E-state index is -0.145. The van der Waals surface area contributed by atoms with Crippen LogP contribution < -0.4 is 0 Å². The molecular formula is C14H17NO. The summed E-state index contributed by atoms with van der Waals surface area (Å²) in [6.07, 6.45) is 3.72. The number of hydrogen-bond donors (Lipinski definition) is 0. The first kappa shape index (κ1) is 11.2. The van der Waals surface area contributed by atoms with Crippen molar-refractivity contribution in [2.24, 2.45) is 5.41 Å². The van der Waals surface area contributed by atoms with Gasteiger partial charge in [0.1, 0.15) is 0 Å². The van der Waals surface area contributed by atoms with Gasteiger partial charge in [-0.3, -0.25) is 0 Å². The summed E-state index contributed by atoms with van der Waals surface area (Å²) in [5.74, 6) is 0. The van der Waals surface area contributed by atoms with E-state index in [1.807, 2.05) is 6.07 Å². The van der Waals surface area contributed by atoms with E-state index in [4.69, 9.17) is 4.74 Å². The summed E-state index contributed by atoms with van der Waals surface area (Å²) in [6, 6.07) is 12.9. The first-order chi connectivity index (χ1) is 7.85. The molecule has 0 atom stereocenters. The van der Waals surface area contributed by atoms with E-state index in [1.54, 1.807) is 0 Å². The molecule has 1 fully saturated rings. The summed E-state index contributed by atoms with van der Waals surface area (Å²) in [6.45, 7) is 1.48. The van der Waals surface area contributed by atoms with E-state index in [1.165, 1.54) is 5.56 Å². The monoisotopic (exact) mass is 215 g/mol. The average Bonchev–Trinajstić information content (AvgIpc) is 2.39. The molecule has 2 nitrogen and oxygen atoms in total. The number of rotatable bonds is 3. The van der Waals surface area contributed by atoms with Crippen molar-refractivity contribution in [3.05, 3.63) is 35.9 Å². The molecule has 1 aromatic carbocycles. The van der Waals surface area contributed by atoms with Crippen LogP contribution in [0.2, 0.25) is 0 Å². The van der Waals surface area contributed by atoms with Crippen LogP contribution in [0.5, 0.6) is 0 Å².